The number of pyridine rings is 1. The van der Waals surface area contributed by atoms with Gasteiger partial charge in [-0.1, -0.05) is 0 Å². The molecule has 0 aliphatic carbocycles. The van der Waals surface area contributed by atoms with Gasteiger partial charge in [0.15, 0.2) is 5.52 Å². The van der Waals surface area contributed by atoms with Gasteiger partial charge in [0.1, 0.15) is 0 Å². The molecule has 1 fully saturated rings. The fourth-order valence-electron chi connectivity index (χ4n) is 2.18. The summed E-state index contributed by atoms with van der Waals surface area (Å²) in [4.78, 5) is 27.0. The van der Waals surface area contributed by atoms with E-state index in [0.717, 1.165) is 31.9 Å². The first-order valence-corrected chi connectivity index (χ1v) is 6.01. The fraction of sp³-hybridized carbons (Fsp3) is 0.417. The quantitative estimate of drug-likeness (QED) is 0.847. The van der Waals surface area contributed by atoms with Gasteiger partial charge in [0.05, 0.1) is 23.7 Å². The lowest BCUT2D eigenvalue weighted by Gasteiger charge is -2.33. The molecule has 0 unspecified atom stereocenters. The van der Waals surface area contributed by atoms with Crippen molar-refractivity contribution in [2.75, 3.05) is 38.1 Å². The summed E-state index contributed by atoms with van der Waals surface area (Å²) in [5.74, 6) is 0. The number of H-pyrrole nitrogens is 1. The lowest BCUT2D eigenvalue weighted by Crippen LogP contribution is -2.44. The van der Waals surface area contributed by atoms with Crippen molar-refractivity contribution in [3.63, 3.8) is 0 Å². The normalized spacial score (nSPS) is 15.6. The van der Waals surface area contributed by atoms with Gasteiger partial charge >= 0.3 is 0 Å². The van der Waals surface area contributed by atoms with E-state index in [4.69, 9.17) is 0 Å². The maximum absolute atomic E-state index is 11.5. The second-order valence-corrected chi connectivity index (χ2v) is 4.58. The summed E-state index contributed by atoms with van der Waals surface area (Å²) in [6.07, 6.45) is 3.17. The lowest BCUT2D eigenvalue weighted by atomic mass is 10.2. The van der Waals surface area contributed by atoms with Gasteiger partial charge < -0.3 is 14.8 Å². The lowest BCUT2D eigenvalue weighted by molar-refractivity contribution is 0.313. The predicted octanol–water partition coefficient (Wildman–Crippen LogP) is 0.913. The highest BCUT2D eigenvalue weighted by Gasteiger charge is 2.15. The average Bonchev–Trinajstić information content (AvgIpc) is 2.39. The topological polar surface area (TPSA) is 65.1 Å². The van der Waals surface area contributed by atoms with Crippen LogP contribution in [-0.2, 0) is 0 Å². The van der Waals surface area contributed by atoms with E-state index in [9.17, 15) is 4.79 Å². The van der Waals surface area contributed by atoms with Gasteiger partial charge in [-0.2, -0.15) is 0 Å². The van der Waals surface area contributed by atoms with Crippen LogP contribution in [0.3, 0.4) is 0 Å². The Bertz CT molecular complexity index is 625. The number of rotatable bonds is 1. The highest BCUT2D eigenvalue weighted by Crippen LogP contribution is 2.17. The number of nitrogens with zero attached hydrogens (tertiary/aromatic N) is 4. The van der Waals surface area contributed by atoms with Crippen LogP contribution in [0, 0.1) is 0 Å². The molecule has 20 heavy (non-hydrogen) atoms. The number of fused-ring (bicyclic) bond motifs is 1. The summed E-state index contributed by atoms with van der Waals surface area (Å²) >= 11 is 0. The largest absolute Gasteiger partial charge is 0.368 e. The van der Waals surface area contributed by atoms with Crippen LogP contribution in [0.1, 0.15) is 0 Å². The minimum Gasteiger partial charge on any atom is -0.368 e. The number of aromatic nitrogens is 3. The van der Waals surface area contributed by atoms with Crippen LogP contribution in [0.2, 0.25) is 0 Å². The molecule has 1 aliphatic heterocycles. The molecule has 2 aromatic heterocycles. The van der Waals surface area contributed by atoms with E-state index in [1.807, 2.05) is 6.07 Å². The van der Waals surface area contributed by atoms with Crippen LogP contribution >= 0.6 is 24.8 Å². The van der Waals surface area contributed by atoms with E-state index >= 15 is 0 Å². The molecule has 6 nitrogen and oxygen atoms in total. The smallest absolute Gasteiger partial charge is 0.277 e. The third kappa shape index (κ3) is 3.20. The van der Waals surface area contributed by atoms with E-state index in [1.165, 1.54) is 6.33 Å². The molecule has 1 aliphatic rings. The monoisotopic (exact) mass is 317 g/mol. The first kappa shape index (κ1) is 16.7. The number of hydrogen-bond donors (Lipinski definition) is 1. The molecule has 0 saturated carbocycles. The van der Waals surface area contributed by atoms with E-state index in [1.54, 1.807) is 6.20 Å². The molecule has 1 N–H and O–H groups in total. The summed E-state index contributed by atoms with van der Waals surface area (Å²) in [5.41, 5.74) is 1.89. The molecular formula is C12H17Cl2N5O. The number of likely N-dealkylation sites (N-methyl/N-ethyl adjacent to an activating group) is 1. The van der Waals surface area contributed by atoms with Crippen LogP contribution in [0.5, 0.6) is 0 Å². The van der Waals surface area contributed by atoms with Crippen molar-refractivity contribution in [2.24, 2.45) is 0 Å². The van der Waals surface area contributed by atoms with E-state index in [0.29, 0.717) is 11.0 Å². The number of halogens is 2. The zero-order chi connectivity index (χ0) is 12.5. The Kier molecular flexibility index (Phi) is 5.74. The number of anilines is 1. The van der Waals surface area contributed by atoms with Crippen LogP contribution in [0.4, 0.5) is 5.69 Å². The van der Waals surface area contributed by atoms with Gasteiger partial charge in [0.25, 0.3) is 5.56 Å². The van der Waals surface area contributed by atoms with E-state index in [-0.39, 0.29) is 30.4 Å². The van der Waals surface area contributed by atoms with Crippen molar-refractivity contribution in [3.05, 3.63) is 28.9 Å². The molecule has 0 atom stereocenters. The Morgan fingerprint density at radius 1 is 1.15 bits per heavy atom. The summed E-state index contributed by atoms with van der Waals surface area (Å²) < 4.78 is 0. The van der Waals surface area contributed by atoms with Crippen LogP contribution < -0.4 is 10.5 Å². The highest BCUT2D eigenvalue weighted by atomic mass is 35.5. The summed E-state index contributed by atoms with van der Waals surface area (Å²) in [6, 6.07) is 1.93. The SMILES string of the molecule is CN1CCN(c2cnc3c(=O)[nH]cnc3c2)CC1.Cl.Cl. The van der Waals surface area contributed by atoms with Crippen molar-refractivity contribution in [1.29, 1.82) is 0 Å². The molecule has 2 aromatic rings. The maximum atomic E-state index is 11.5. The van der Waals surface area contributed by atoms with Gasteiger partial charge in [-0.05, 0) is 13.1 Å². The molecule has 3 rings (SSSR count). The molecule has 0 aromatic carbocycles. The fourth-order valence-corrected chi connectivity index (χ4v) is 2.18. The van der Waals surface area contributed by atoms with Crippen molar-refractivity contribution >= 4 is 41.5 Å². The number of aromatic amines is 1. The van der Waals surface area contributed by atoms with Crippen LogP contribution in [0.15, 0.2) is 23.4 Å². The second-order valence-electron chi connectivity index (χ2n) is 4.58. The van der Waals surface area contributed by atoms with Crippen molar-refractivity contribution in [2.45, 2.75) is 0 Å². The zero-order valence-corrected chi connectivity index (χ0v) is 12.7. The molecule has 3 heterocycles. The third-order valence-electron chi connectivity index (χ3n) is 3.34. The van der Waals surface area contributed by atoms with E-state index in [2.05, 4.69) is 31.8 Å². The van der Waals surface area contributed by atoms with Crippen LogP contribution in [-0.4, -0.2) is 53.1 Å². The summed E-state index contributed by atoms with van der Waals surface area (Å²) in [7, 11) is 2.12. The van der Waals surface area contributed by atoms with Crippen molar-refractivity contribution in [3.8, 4) is 0 Å². The molecule has 8 heteroatoms. The van der Waals surface area contributed by atoms with E-state index < -0.39 is 0 Å². The standard InChI is InChI=1S/C12H15N5O.2ClH/c1-16-2-4-17(5-3-16)9-6-10-11(13-7-9)12(18)15-8-14-10;;/h6-8H,2-5H2,1H3,(H,14,15,18);2*1H. The number of piperazine rings is 1. The first-order valence-electron chi connectivity index (χ1n) is 6.01. The van der Waals surface area contributed by atoms with Gasteiger partial charge in [-0.3, -0.25) is 4.79 Å². The van der Waals surface area contributed by atoms with Gasteiger partial charge in [-0.25, -0.2) is 9.97 Å². The Hall–Kier alpha value is -1.37. The molecular weight excluding hydrogens is 301 g/mol. The highest BCUT2D eigenvalue weighted by molar-refractivity contribution is 5.85. The maximum Gasteiger partial charge on any atom is 0.277 e. The molecule has 1 saturated heterocycles. The number of hydrogen-bond acceptors (Lipinski definition) is 5. The Balaban J connectivity index is 0.000001000. The minimum absolute atomic E-state index is 0. The van der Waals surface area contributed by atoms with Gasteiger partial charge in [-0.15, -0.1) is 24.8 Å². The molecule has 0 bridgehead atoms. The third-order valence-corrected chi connectivity index (χ3v) is 3.34. The molecule has 110 valence electrons. The second kappa shape index (κ2) is 6.88. The molecule has 0 spiro atoms. The average molecular weight is 318 g/mol. The van der Waals surface area contributed by atoms with Gasteiger partial charge in [0, 0.05) is 26.2 Å². The predicted molar refractivity (Wildman–Crippen MR) is 84.4 cm³/mol. The Labute approximate surface area is 129 Å². The Morgan fingerprint density at radius 2 is 1.85 bits per heavy atom. The van der Waals surface area contributed by atoms with Gasteiger partial charge in [0.2, 0.25) is 0 Å². The molecule has 0 amide bonds. The number of nitrogens with one attached hydrogen (secondary N) is 1. The van der Waals surface area contributed by atoms with Crippen LogP contribution in [0.25, 0.3) is 11.0 Å². The summed E-state index contributed by atoms with van der Waals surface area (Å²) in [6.45, 7) is 4.04. The van der Waals surface area contributed by atoms with Crippen molar-refractivity contribution in [1.82, 2.24) is 19.9 Å². The van der Waals surface area contributed by atoms with Crippen molar-refractivity contribution < 1.29 is 0 Å². The minimum atomic E-state index is -0.190. The first-order chi connectivity index (χ1) is 8.74. The Morgan fingerprint density at radius 3 is 2.55 bits per heavy atom. The zero-order valence-electron chi connectivity index (χ0n) is 11.1. The summed E-state index contributed by atoms with van der Waals surface area (Å²) in [5, 5.41) is 0. The molecule has 0 radical (unpaired) electrons.